The van der Waals surface area contributed by atoms with Crippen LogP contribution in [0.3, 0.4) is 0 Å². The van der Waals surface area contributed by atoms with Crippen LogP contribution < -0.4 is 5.32 Å². The summed E-state index contributed by atoms with van der Waals surface area (Å²) in [6.45, 7) is 3.07. The van der Waals surface area contributed by atoms with Crippen LogP contribution in [0.25, 0.3) is 11.5 Å². The van der Waals surface area contributed by atoms with E-state index < -0.39 is 0 Å². The molecule has 0 unspecified atom stereocenters. The Bertz CT molecular complexity index is 508. The number of anilines is 1. The number of hydrogen-bond acceptors (Lipinski definition) is 4. The van der Waals surface area contributed by atoms with E-state index in [9.17, 15) is 0 Å². The summed E-state index contributed by atoms with van der Waals surface area (Å²) in [7, 11) is 1.86. The lowest BCUT2D eigenvalue weighted by molar-refractivity contribution is 0.681. The third kappa shape index (κ3) is 2.56. The van der Waals surface area contributed by atoms with Crippen LogP contribution in [-0.4, -0.2) is 26.6 Å². The summed E-state index contributed by atoms with van der Waals surface area (Å²) in [5.41, 5.74) is 0.958. The normalized spacial score (nSPS) is 10.5. The molecule has 2 rings (SSSR count). The van der Waals surface area contributed by atoms with Gasteiger partial charge >= 0.3 is 0 Å². The van der Waals surface area contributed by atoms with Gasteiger partial charge in [-0.3, -0.25) is 0 Å². The van der Waals surface area contributed by atoms with Crippen molar-refractivity contribution in [2.45, 2.75) is 19.9 Å². The Balaban J connectivity index is 2.42. The second kappa shape index (κ2) is 5.44. The number of halogens is 1. The monoisotopic (exact) mass is 343 g/mol. The smallest absolute Gasteiger partial charge is 0.179 e. The maximum Gasteiger partial charge on any atom is 0.179 e. The summed E-state index contributed by atoms with van der Waals surface area (Å²) >= 11 is 2.21. The fourth-order valence-corrected chi connectivity index (χ4v) is 2.12. The highest BCUT2D eigenvalue weighted by molar-refractivity contribution is 14.1. The molecule has 0 atom stereocenters. The molecule has 2 aromatic heterocycles. The molecule has 0 saturated heterocycles. The summed E-state index contributed by atoms with van der Waals surface area (Å²) < 4.78 is 3.08. The van der Waals surface area contributed by atoms with Crippen molar-refractivity contribution in [2.75, 3.05) is 12.4 Å². The molecule has 0 saturated carbocycles. The molecule has 2 aromatic rings. The van der Waals surface area contributed by atoms with Gasteiger partial charge < -0.3 is 9.88 Å². The lowest BCUT2D eigenvalue weighted by Crippen LogP contribution is -2.03. The Kier molecular flexibility index (Phi) is 3.93. The summed E-state index contributed by atoms with van der Waals surface area (Å²) in [5, 5.41) is 3.06. The van der Waals surface area contributed by atoms with E-state index in [0.717, 1.165) is 28.0 Å². The van der Waals surface area contributed by atoms with Gasteiger partial charge in [-0.2, -0.15) is 0 Å². The van der Waals surface area contributed by atoms with Crippen LogP contribution in [0.1, 0.15) is 13.3 Å². The van der Waals surface area contributed by atoms with Gasteiger partial charge in [0.05, 0.1) is 16.1 Å². The van der Waals surface area contributed by atoms with E-state index in [1.54, 1.807) is 6.20 Å². The third-order valence-corrected chi connectivity index (χ3v) is 3.18. The van der Waals surface area contributed by atoms with E-state index in [2.05, 4.69) is 54.4 Å². The molecular weight excluding hydrogens is 329 g/mol. The van der Waals surface area contributed by atoms with E-state index >= 15 is 0 Å². The Morgan fingerprint density at radius 3 is 2.94 bits per heavy atom. The number of nitrogens with one attached hydrogen (secondary N) is 1. The van der Waals surface area contributed by atoms with Crippen LogP contribution in [0, 0.1) is 3.57 Å². The molecule has 0 radical (unpaired) electrons. The van der Waals surface area contributed by atoms with Gasteiger partial charge in [0, 0.05) is 19.8 Å². The maximum atomic E-state index is 4.49. The number of aryl methyl sites for hydroxylation is 1. The van der Waals surface area contributed by atoms with Crippen molar-refractivity contribution in [3.63, 3.8) is 0 Å². The molecule has 0 aliphatic carbocycles. The minimum Gasteiger partial charge on any atom is -0.372 e. The Hall–Kier alpha value is -1.18. The molecule has 2 heterocycles. The first kappa shape index (κ1) is 12.3. The van der Waals surface area contributed by atoms with E-state index in [-0.39, 0.29) is 0 Å². The van der Waals surface area contributed by atoms with Crippen molar-refractivity contribution >= 4 is 28.4 Å². The van der Waals surface area contributed by atoms with Crippen LogP contribution in [0.15, 0.2) is 18.7 Å². The van der Waals surface area contributed by atoms with Crippen LogP contribution in [0.2, 0.25) is 0 Å². The minimum atomic E-state index is 0.709. The predicted molar refractivity (Wildman–Crippen MR) is 75.8 cm³/mol. The van der Waals surface area contributed by atoms with Gasteiger partial charge in [0.25, 0.3) is 0 Å². The molecule has 0 fully saturated rings. The zero-order valence-corrected chi connectivity index (χ0v) is 12.0. The first-order valence-corrected chi connectivity index (χ1v) is 6.55. The fraction of sp³-hybridized carbons (Fsp3) is 0.364. The van der Waals surface area contributed by atoms with Gasteiger partial charge in [-0.15, -0.1) is 0 Å². The average molecular weight is 343 g/mol. The second-order valence-electron chi connectivity index (χ2n) is 3.61. The molecule has 0 aliphatic heterocycles. The third-order valence-electron chi connectivity index (χ3n) is 2.39. The van der Waals surface area contributed by atoms with Crippen molar-refractivity contribution in [3.8, 4) is 11.5 Å². The molecule has 0 spiro atoms. The van der Waals surface area contributed by atoms with E-state index in [4.69, 9.17) is 0 Å². The summed E-state index contributed by atoms with van der Waals surface area (Å²) in [4.78, 5) is 13.0. The van der Waals surface area contributed by atoms with Gasteiger partial charge in [-0.1, -0.05) is 6.92 Å². The first-order valence-electron chi connectivity index (χ1n) is 5.47. The van der Waals surface area contributed by atoms with Crippen molar-refractivity contribution in [2.24, 2.45) is 0 Å². The largest absolute Gasteiger partial charge is 0.372 e. The fourth-order valence-electron chi connectivity index (χ4n) is 1.59. The number of aromatic nitrogens is 4. The highest BCUT2D eigenvalue weighted by Gasteiger charge is 2.09. The topological polar surface area (TPSA) is 55.6 Å². The molecule has 0 amide bonds. The first-order chi connectivity index (χ1) is 8.26. The highest BCUT2D eigenvalue weighted by Crippen LogP contribution is 2.20. The van der Waals surface area contributed by atoms with Crippen molar-refractivity contribution in [1.29, 1.82) is 0 Å². The van der Waals surface area contributed by atoms with Crippen LogP contribution >= 0.6 is 22.6 Å². The van der Waals surface area contributed by atoms with E-state index in [1.165, 1.54) is 0 Å². The Morgan fingerprint density at radius 1 is 1.41 bits per heavy atom. The molecular formula is C11H14IN5. The maximum absolute atomic E-state index is 4.49. The van der Waals surface area contributed by atoms with Gasteiger partial charge in [0.15, 0.2) is 5.82 Å². The SMILES string of the molecule is CCCn1cncc1-c1ncc(I)c(NC)n1. The second-order valence-corrected chi connectivity index (χ2v) is 4.77. The van der Waals surface area contributed by atoms with E-state index in [0.29, 0.717) is 5.82 Å². The molecule has 90 valence electrons. The molecule has 1 N–H and O–H groups in total. The van der Waals surface area contributed by atoms with Crippen LogP contribution in [0.4, 0.5) is 5.82 Å². The van der Waals surface area contributed by atoms with Crippen molar-refractivity contribution in [1.82, 2.24) is 19.5 Å². The number of nitrogens with zero attached hydrogens (tertiary/aromatic N) is 4. The number of rotatable bonds is 4. The van der Waals surface area contributed by atoms with Gasteiger partial charge in [-0.25, -0.2) is 15.0 Å². The lowest BCUT2D eigenvalue weighted by atomic mass is 10.4. The lowest BCUT2D eigenvalue weighted by Gasteiger charge is -2.07. The molecule has 0 aliphatic rings. The molecule has 0 aromatic carbocycles. The van der Waals surface area contributed by atoms with Crippen molar-refractivity contribution < 1.29 is 0 Å². The molecule has 5 nitrogen and oxygen atoms in total. The quantitative estimate of drug-likeness (QED) is 0.867. The predicted octanol–water partition coefficient (Wildman–Crippen LogP) is 2.40. The summed E-state index contributed by atoms with van der Waals surface area (Å²) in [6, 6.07) is 0. The average Bonchev–Trinajstić information content (AvgIpc) is 2.78. The Morgan fingerprint density at radius 2 is 2.24 bits per heavy atom. The number of imidazole rings is 1. The van der Waals surface area contributed by atoms with Crippen LogP contribution in [0.5, 0.6) is 0 Å². The van der Waals surface area contributed by atoms with E-state index in [1.807, 2.05) is 19.6 Å². The highest BCUT2D eigenvalue weighted by atomic mass is 127. The molecule has 17 heavy (non-hydrogen) atoms. The van der Waals surface area contributed by atoms with Gasteiger partial charge in [0.1, 0.15) is 11.5 Å². The van der Waals surface area contributed by atoms with Crippen LogP contribution in [-0.2, 0) is 6.54 Å². The number of hydrogen-bond donors (Lipinski definition) is 1. The summed E-state index contributed by atoms with van der Waals surface area (Å²) in [5.74, 6) is 1.56. The Labute approximate surface area is 114 Å². The zero-order chi connectivity index (χ0) is 12.3. The standard InChI is InChI=1S/C11H14IN5/c1-3-4-17-7-14-6-9(17)11-15-5-8(12)10(13-2)16-11/h5-7H,3-4H2,1-2H3,(H,13,15,16). The summed E-state index contributed by atoms with van der Waals surface area (Å²) in [6.07, 6.45) is 6.50. The van der Waals surface area contributed by atoms with Gasteiger partial charge in [-0.05, 0) is 29.0 Å². The minimum absolute atomic E-state index is 0.709. The van der Waals surface area contributed by atoms with Crippen molar-refractivity contribution in [3.05, 3.63) is 22.3 Å². The molecule has 0 bridgehead atoms. The molecule has 6 heteroatoms. The zero-order valence-electron chi connectivity index (χ0n) is 9.81. The van der Waals surface area contributed by atoms with Gasteiger partial charge in [0.2, 0.25) is 0 Å².